The van der Waals surface area contributed by atoms with Crippen LogP contribution in [0.15, 0.2) is 42.5 Å². The van der Waals surface area contributed by atoms with E-state index in [1.165, 1.54) is 24.3 Å². The molecule has 0 N–H and O–H groups in total. The van der Waals surface area contributed by atoms with Crippen LogP contribution in [0.25, 0.3) is 11.1 Å². The summed E-state index contributed by atoms with van der Waals surface area (Å²) in [5.74, 6) is 0. The van der Waals surface area contributed by atoms with Crippen LogP contribution >= 0.6 is 0 Å². The third-order valence-electron chi connectivity index (χ3n) is 3.01. The second-order valence-corrected chi connectivity index (χ2v) is 4.50. The monoisotopic (exact) mass is 318 g/mol. The number of halogens is 6. The lowest BCUT2D eigenvalue weighted by Gasteiger charge is -2.16. The predicted octanol–water partition coefficient (Wildman–Crippen LogP) is 5.20. The quantitative estimate of drug-likeness (QED) is 0.549. The predicted molar refractivity (Wildman–Crippen MR) is 67.3 cm³/mol. The highest BCUT2D eigenvalue weighted by Crippen LogP contribution is 2.40. The number of carbonyl (C=O) groups excluding carboxylic acids is 1. The molecule has 0 saturated heterocycles. The highest BCUT2D eigenvalue weighted by Gasteiger charge is 2.37. The fourth-order valence-electron chi connectivity index (χ4n) is 1.95. The van der Waals surface area contributed by atoms with Crippen molar-refractivity contribution in [3.63, 3.8) is 0 Å². The first-order chi connectivity index (χ1) is 10.1. The van der Waals surface area contributed by atoms with Gasteiger partial charge in [0.1, 0.15) is 6.29 Å². The summed E-state index contributed by atoms with van der Waals surface area (Å²) < 4.78 is 77.0. The molecular formula is C15H8F6O. The Morgan fingerprint density at radius 3 is 1.82 bits per heavy atom. The van der Waals surface area contributed by atoms with Crippen LogP contribution in [0.2, 0.25) is 0 Å². The maximum atomic E-state index is 13.0. The van der Waals surface area contributed by atoms with E-state index in [1.807, 2.05) is 0 Å². The van der Waals surface area contributed by atoms with Gasteiger partial charge in [0.2, 0.25) is 0 Å². The Labute approximate surface area is 121 Å². The number of aldehydes is 1. The standard InChI is InChI=1S/C15H8F6O/c16-14(17,18)11-5-6-13(15(19,20)21)12(7-11)10-3-1-9(8-22)2-4-10/h1-8H. The molecule has 0 aliphatic rings. The van der Waals surface area contributed by atoms with Gasteiger partial charge in [0.15, 0.2) is 0 Å². The normalized spacial score (nSPS) is 12.3. The fourth-order valence-corrected chi connectivity index (χ4v) is 1.95. The molecule has 2 aromatic carbocycles. The van der Waals surface area contributed by atoms with E-state index in [1.54, 1.807) is 0 Å². The van der Waals surface area contributed by atoms with Gasteiger partial charge in [-0.05, 0) is 29.3 Å². The van der Waals surface area contributed by atoms with Crippen LogP contribution in [-0.2, 0) is 12.4 Å². The van der Waals surface area contributed by atoms with Crippen LogP contribution in [0.4, 0.5) is 26.3 Å². The Hall–Kier alpha value is -2.31. The molecule has 0 saturated carbocycles. The summed E-state index contributed by atoms with van der Waals surface area (Å²) in [7, 11) is 0. The van der Waals surface area contributed by atoms with Crippen molar-refractivity contribution in [3.8, 4) is 11.1 Å². The van der Waals surface area contributed by atoms with Gasteiger partial charge in [-0.3, -0.25) is 4.79 Å². The molecule has 0 heterocycles. The maximum absolute atomic E-state index is 13.0. The summed E-state index contributed by atoms with van der Waals surface area (Å²) in [6.07, 6.45) is -9.05. The number of rotatable bonds is 2. The first-order valence-corrected chi connectivity index (χ1v) is 5.97. The molecule has 0 aliphatic heterocycles. The lowest BCUT2D eigenvalue weighted by Crippen LogP contribution is -2.11. The number of hydrogen-bond acceptors (Lipinski definition) is 1. The van der Waals surface area contributed by atoms with E-state index < -0.39 is 29.0 Å². The molecule has 0 unspecified atom stereocenters. The molecule has 0 bridgehead atoms. The minimum atomic E-state index is -4.79. The average Bonchev–Trinajstić information content (AvgIpc) is 2.45. The summed E-state index contributed by atoms with van der Waals surface area (Å²) >= 11 is 0. The molecule has 2 rings (SSSR count). The lowest BCUT2D eigenvalue weighted by atomic mass is 9.96. The van der Waals surface area contributed by atoms with E-state index in [0.717, 1.165) is 0 Å². The molecule has 2 aromatic rings. The van der Waals surface area contributed by atoms with Gasteiger partial charge in [-0.25, -0.2) is 0 Å². The number of alkyl halides is 6. The molecule has 1 nitrogen and oxygen atoms in total. The minimum Gasteiger partial charge on any atom is -0.298 e. The third-order valence-corrected chi connectivity index (χ3v) is 3.01. The van der Waals surface area contributed by atoms with Crippen molar-refractivity contribution >= 4 is 6.29 Å². The Kier molecular flexibility index (Phi) is 4.00. The van der Waals surface area contributed by atoms with E-state index in [0.29, 0.717) is 24.5 Å². The average molecular weight is 318 g/mol. The maximum Gasteiger partial charge on any atom is 0.417 e. The first-order valence-electron chi connectivity index (χ1n) is 5.97. The van der Waals surface area contributed by atoms with E-state index >= 15 is 0 Å². The van der Waals surface area contributed by atoms with E-state index in [-0.39, 0.29) is 11.1 Å². The second kappa shape index (κ2) is 5.47. The Morgan fingerprint density at radius 2 is 1.36 bits per heavy atom. The van der Waals surface area contributed by atoms with Crippen molar-refractivity contribution in [2.45, 2.75) is 12.4 Å². The van der Waals surface area contributed by atoms with Crippen molar-refractivity contribution in [3.05, 3.63) is 59.2 Å². The van der Waals surface area contributed by atoms with Crippen LogP contribution in [0.1, 0.15) is 21.5 Å². The SMILES string of the molecule is O=Cc1ccc(-c2cc(C(F)(F)F)ccc2C(F)(F)F)cc1. The molecule has 22 heavy (non-hydrogen) atoms. The Balaban J connectivity index is 2.65. The van der Waals surface area contributed by atoms with Gasteiger partial charge in [0.05, 0.1) is 11.1 Å². The highest BCUT2D eigenvalue weighted by atomic mass is 19.4. The van der Waals surface area contributed by atoms with Crippen LogP contribution in [0.5, 0.6) is 0 Å². The van der Waals surface area contributed by atoms with Gasteiger partial charge in [-0.2, -0.15) is 26.3 Å². The second-order valence-electron chi connectivity index (χ2n) is 4.50. The molecule has 0 fully saturated rings. The first kappa shape index (κ1) is 16.1. The molecule has 0 atom stereocenters. The minimum absolute atomic E-state index is 0.0518. The molecule has 116 valence electrons. The van der Waals surface area contributed by atoms with Crippen LogP contribution < -0.4 is 0 Å². The largest absolute Gasteiger partial charge is 0.417 e. The summed E-state index contributed by atoms with van der Waals surface area (Å²) in [5.41, 5.74) is -2.76. The topological polar surface area (TPSA) is 17.1 Å². The van der Waals surface area contributed by atoms with Gasteiger partial charge in [-0.15, -0.1) is 0 Å². The van der Waals surface area contributed by atoms with Crippen molar-refractivity contribution in [2.24, 2.45) is 0 Å². The highest BCUT2D eigenvalue weighted by molar-refractivity contribution is 5.77. The smallest absolute Gasteiger partial charge is 0.298 e. The van der Waals surface area contributed by atoms with Crippen molar-refractivity contribution < 1.29 is 31.1 Å². The third kappa shape index (κ3) is 3.29. The summed E-state index contributed by atoms with van der Waals surface area (Å²) in [5, 5.41) is 0. The van der Waals surface area contributed by atoms with Crippen LogP contribution in [0.3, 0.4) is 0 Å². The van der Waals surface area contributed by atoms with Gasteiger partial charge in [0, 0.05) is 5.56 Å². The van der Waals surface area contributed by atoms with Gasteiger partial charge in [0.25, 0.3) is 0 Å². The summed E-state index contributed by atoms with van der Waals surface area (Å²) in [6.45, 7) is 0. The molecule has 7 heteroatoms. The van der Waals surface area contributed by atoms with Gasteiger partial charge in [-0.1, -0.05) is 24.3 Å². The summed E-state index contributed by atoms with van der Waals surface area (Å²) in [4.78, 5) is 10.5. The van der Waals surface area contributed by atoms with Crippen molar-refractivity contribution in [1.82, 2.24) is 0 Å². The summed E-state index contributed by atoms with van der Waals surface area (Å²) in [6, 6.07) is 6.09. The molecule has 0 amide bonds. The fraction of sp³-hybridized carbons (Fsp3) is 0.133. The van der Waals surface area contributed by atoms with E-state index in [9.17, 15) is 31.1 Å². The number of carbonyl (C=O) groups is 1. The zero-order valence-corrected chi connectivity index (χ0v) is 10.8. The van der Waals surface area contributed by atoms with Crippen LogP contribution in [0, 0.1) is 0 Å². The van der Waals surface area contributed by atoms with E-state index in [4.69, 9.17) is 0 Å². The Bertz CT molecular complexity index is 683. The molecular weight excluding hydrogens is 310 g/mol. The van der Waals surface area contributed by atoms with Crippen molar-refractivity contribution in [1.29, 1.82) is 0 Å². The Morgan fingerprint density at radius 1 is 0.773 bits per heavy atom. The molecule has 0 radical (unpaired) electrons. The van der Waals surface area contributed by atoms with Crippen molar-refractivity contribution in [2.75, 3.05) is 0 Å². The van der Waals surface area contributed by atoms with Gasteiger partial charge < -0.3 is 0 Å². The van der Waals surface area contributed by atoms with Crippen LogP contribution in [-0.4, -0.2) is 6.29 Å². The molecule has 0 spiro atoms. The van der Waals surface area contributed by atoms with E-state index in [2.05, 4.69) is 0 Å². The zero-order chi connectivity index (χ0) is 16.5. The molecule has 0 aliphatic carbocycles. The zero-order valence-electron chi connectivity index (χ0n) is 10.8. The number of hydrogen-bond donors (Lipinski definition) is 0. The van der Waals surface area contributed by atoms with Gasteiger partial charge >= 0.3 is 12.4 Å². The molecule has 0 aromatic heterocycles. The lowest BCUT2D eigenvalue weighted by molar-refractivity contribution is -0.141. The number of benzene rings is 2.